The maximum absolute atomic E-state index is 11.3. The van der Waals surface area contributed by atoms with Gasteiger partial charge in [-0.25, -0.2) is 0 Å². The minimum absolute atomic E-state index is 0.00670. The predicted octanol–water partition coefficient (Wildman–Crippen LogP) is 4.23. The summed E-state index contributed by atoms with van der Waals surface area (Å²) in [7, 11) is 0. The van der Waals surface area contributed by atoms with Crippen LogP contribution in [0.15, 0.2) is 53.5 Å². The molecular weight excluding hydrogens is 392 g/mol. The first-order valence-corrected chi connectivity index (χ1v) is 9.56. The molecule has 1 N–H and O–H groups in total. The van der Waals surface area contributed by atoms with Crippen LogP contribution in [0.5, 0.6) is 0 Å². The Hall–Kier alpha value is -2.16. The van der Waals surface area contributed by atoms with Crippen molar-refractivity contribution in [3.8, 4) is 0 Å². The van der Waals surface area contributed by atoms with Crippen LogP contribution in [0.2, 0.25) is 5.02 Å². The van der Waals surface area contributed by atoms with Crippen molar-refractivity contribution in [2.75, 3.05) is 17.2 Å². The van der Waals surface area contributed by atoms with Crippen molar-refractivity contribution in [2.24, 2.45) is 4.99 Å². The molecule has 2 aromatic rings. The first-order chi connectivity index (χ1) is 12.5. The maximum Gasteiger partial charge on any atom is 0.293 e. The van der Waals surface area contributed by atoms with Gasteiger partial charge in [0.15, 0.2) is 10.3 Å². The van der Waals surface area contributed by atoms with E-state index in [-0.39, 0.29) is 5.69 Å². The van der Waals surface area contributed by atoms with Crippen molar-refractivity contribution in [1.29, 1.82) is 0 Å². The van der Waals surface area contributed by atoms with E-state index in [1.165, 1.54) is 23.9 Å². The Kier molecular flexibility index (Phi) is 6.08. The lowest BCUT2D eigenvalue weighted by Crippen LogP contribution is -2.27. The third kappa shape index (κ3) is 4.51. The monoisotopic (exact) mass is 406 g/mol. The number of hydrogen-bond donors (Lipinski definition) is 1. The number of nitro groups is 1. The number of halogens is 1. The van der Waals surface area contributed by atoms with Gasteiger partial charge in [0.25, 0.3) is 5.69 Å². The molecule has 3 rings (SSSR count). The van der Waals surface area contributed by atoms with Crippen molar-refractivity contribution in [2.45, 2.75) is 6.54 Å². The SMILES string of the molecule is O=[N+]([O-])c1ccc(Cl)cc1N1CCSC1=NC(=S)NCc1ccccc1. The van der Waals surface area contributed by atoms with Crippen molar-refractivity contribution >= 4 is 57.2 Å². The molecule has 1 aliphatic rings. The van der Waals surface area contributed by atoms with Crippen LogP contribution >= 0.6 is 35.6 Å². The number of rotatable bonds is 4. The molecule has 0 unspecified atom stereocenters. The van der Waals surface area contributed by atoms with Gasteiger partial charge >= 0.3 is 0 Å². The largest absolute Gasteiger partial charge is 0.357 e. The third-order valence-corrected chi connectivity index (χ3v) is 5.11. The Bertz CT molecular complexity index is 861. The number of amidine groups is 1. The molecule has 1 saturated heterocycles. The van der Waals surface area contributed by atoms with Gasteiger partial charge in [-0.05, 0) is 29.9 Å². The first-order valence-electron chi connectivity index (χ1n) is 7.79. The Morgan fingerprint density at radius 3 is 2.85 bits per heavy atom. The summed E-state index contributed by atoms with van der Waals surface area (Å²) in [5, 5.41) is 15.8. The van der Waals surface area contributed by atoms with Gasteiger partial charge in [-0.15, -0.1) is 0 Å². The number of hydrogen-bond acceptors (Lipinski definition) is 4. The molecule has 6 nitrogen and oxygen atoms in total. The van der Waals surface area contributed by atoms with Gasteiger partial charge in [-0.1, -0.05) is 53.7 Å². The highest BCUT2D eigenvalue weighted by Crippen LogP contribution is 2.35. The molecule has 26 heavy (non-hydrogen) atoms. The summed E-state index contributed by atoms with van der Waals surface area (Å²) >= 11 is 12.8. The second kappa shape index (κ2) is 8.48. The number of benzene rings is 2. The fourth-order valence-corrected chi connectivity index (χ4v) is 3.83. The van der Waals surface area contributed by atoms with Crippen LogP contribution in [-0.2, 0) is 6.54 Å². The summed E-state index contributed by atoms with van der Waals surface area (Å²) < 4.78 is 0. The average molecular weight is 407 g/mol. The topological polar surface area (TPSA) is 70.8 Å². The molecule has 0 radical (unpaired) electrons. The molecule has 0 aliphatic carbocycles. The van der Waals surface area contributed by atoms with Crippen molar-refractivity contribution in [3.63, 3.8) is 0 Å². The lowest BCUT2D eigenvalue weighted by molar-refractivity contribution is -0.384. The van der Waals surface area contributed by atoms with Gasteiger partial charge in [0.2, 0.25) is 0 Å². The van der Waals surface area contributed by atoms with E-state index < -0.39 is 4.92 Å². The third-order valence-electron chi connectivity index (χ3n) is 3.69. The fraction of sp³-hybridized carbons (Fsp3) is 0.176. The number of nitro benzene ring substituents is 1. The van der Waals surface area contributed by atoms with Crippen LogP contribution in [0.4, 0.5) is 11.4 Å². The number of nitrogens with one attached hydrogen (secondary N) is 1. The van der Waals surface area contributed by atoms with Crippen molar-refractivity contribution in [1.82, 2.24) is 5.32 Å². The lowest BCUT2D eigenvalue weighted by atomic mass is 10.2. The highest BCUT2D eigenvalue weighted by Gasteiger charge is 2.28. The number of thioether (sulfide) groups is 1. The Morgan fingerprint density at radius 2 is 2.12 bits per heavy atom. The van der Waals surface area contributed by atoms with Gasteiger partial charge in [0, 0.05) is 29.9 Å². The smallest absolute Gasteiger partial charge is 0.293 e. The number of nitrogens with zero attached hydrogens (tertiary/aromatic N) is 3. The Balaban J connectivity index is 1.77. The maximum atomic E-state index is 11.3. The summed E-state index contributed by atoms with van der Waals surface area (Å²) in [5.41, 5.74) is 1.52. The predicted molar refractivity (Wildman–Crippen MR) is 111 cm³/mol. The molecule has 1 heterocycles. The van der Waals surface area contributed by atoms with E-state index in [0.717, 1.165) is 11.3 Å². The number of thiocarbonyl (C=S) groups is 1. The normalized spacial score (nSPS) is 15.3. The van der Waals surface area contributed by atoms with E-state index in [1.807, 2.05) is 30.3 Å². The lowest BCUT2D eigenvalue weighted by Gasteiger charge is -2.18. The first kappa shape index (κ1) is 18.6. The minimum atomic E-state index is -0.418. The van der Waals surface area contributed by atoms with Crippen LogP contribution in [-0.4, -0.2) is 27.5 Å². The van der Waals surface area contributed by atoms with E-state index in [1.54, 1.807) is 11.0 Å². The number of aliphatic imine (C=N–C) groups is 1. The second-order valence-electron chi connectivity index (χ2n) is 5.43. The highest BCUT2D eigenvalue weighted by atomic mass is 35.5. The van der Waals surface area contributed by atoms with Gasteiger partial charge in [-0.3, -0.25) is 10.1 Å². The van der Waals surface area contributed by atoms with Crippen LogP contribution < -0.4 is 10.2 Å². The van der Waals surface area contributed by atoms with Crippen LogP contribution in [0.3, 0.4) is 0 Å². The zero-order valence-corrected chi connectivity index (χ0v) is 16.0. The molecule has 2 aromatic carbocycles. The molecule has 0 amide bonds. The number of anilines is 1. The zero-order chi connectivity index (χ0) is 18.5. The molecule has 9 heteroatoms. The summed E-state index contributed by atoms with van der Waals surface area (Å²) in [6.07, 6.45) is 0. The Morgan fingerprint density at radius 1 is 1.35 bits per heavy atom. The molecule has 0 bridgehead atoms. The van der Waals surface area contributed by atoms with E-state index >= 15 is 0 Å². The summed E-state index contributed by atoms with van der Waals surface area (Å²) in [6, 6.07) is 14.4. The standard InChI is InChI=1S/C17H15ClN4O2S2/c18-13-6-7-14(22(23)24)15(10-13)21-8-9-26-17(21)20-16(25)19-11-12-4-2-1-3-5-12/h1-7,10H,8-9,11H2,(H,19,25). The summed E-state index contributed by atoms with van der Waals surface area (Å²) in [4.78, 5) is 17.1. The molecule has 0 aromatic heterocycles. The molecule has 1 aliphatic heterocycles. The minimum Gasteiger partial charge on any atom is -0.357 e. The fourth-order valence-electron chi connectivity index (χ4n) is 2.49. The molecule has 0 atom stereocenters. The van der Waals surface area contributed by atoms with Crippen molar-refractivity contribution < 1.29 is 4.92 Å². The van der Waals surface area contributed by atoms with Gasteiger partial charge < -0.3 is 10.2 Å². The van der Waals surface area contributed by atoms with Gasteiger partial charge in [0.1, 0.15) is 5.69 Å². The second-order valence-corrected chi connectivity index (χ2v) is 7.31. The molecule has 0 spiro atoms. The van der Waals surface area contributed by atoms with E-state index in [2.05, 4.69) is 10.3 Å². The average Bonchev–Trinajstić information content (AvgIpc) is 3.08. The zero-order valence-electron chi connectivity index (χ0n) is 13.6. The molecule has 0 saturated carbocycles. The molecule has 134 valence electrons. The van der Waals surface area contributed by atoms with E-state index in [9.17, 15) is 10.1 Å². The van der Waals surface area contributed by atoms with Crippen molar-refractivity contribution in [3.05, 3.63) is 69.2 Å². The summed E-state index contributed by atoms with van der Waals surface area (Å²) in [6.45, 7) is 1.17. The quantitative estimate of drug-likeness (QED) is 0.465. The molecular formula is C17H15ClN4O2S2. The van der Waals surface area contributed by atoms with E-state index in [0.29, 0.717) is 34.1 Å². The molecule has 1 fully saturated rings. The highest BCUT2D eigenvalue weighted by molar-refractivity contribution is 8.14. The summed E-state index contributed by atoms with van der Waals surface area (Å²) in [5.74, 6) is 0.768. The van der Waals surface area contributed by atoms with Crippen LogP contribution in [0.25, 0.3) is 0 Å². The van der Waals surface area contributed by atoms with E-state index in [4.69, 9.17) is 23.8 Å². The van der Waals surface area contributed by atoms with Gasteiger partial charge in [0.05, 0.1) is 4.92 Å². The van der Waals surface area contributed by atoms with Crippen LogP contribution in [0, 0.1) is 10.1 Å². The van der Waals surface area contributed by atoms with Gasteiger partial charge in [-0.2, -0.15) is 4.99 Å². The van der Waals surface area contributed by atoms with Crippen LogP contribution in [0.1, 0.15) is 5.56 Å². The Labute approximate surface area is 165 Å².